The van der Waals surface area contributed by atoms with Crippen LogP contribution in [0.3, 0.4) is 0 Å². The first-order valence-electron chi connectivity index (χ1n) is 10.8. The molecule has 31 heavy (non-hydrogen) atoms. The van der Waals surface area contributed by atoms with E-state index < -0.39 is 10.0 Å². The van der Waals surface area contributed by atoms with E-state index in [-0.39, 0.29) is 18.6 Å². The van der Waals surface area contributed by atoms with E-state index >= 15 is 0 Å². The Labute approximate surface area is 185 Å². The molecular weight excluding hydrogens is 412 g/mol. The van der Waals surface area contributed by atoms with Crippen molar-refractivity contribution in [3.8, 4) is 5.75 Å². The SMILES string of the molecule is Cc1ccc(S(=O)(=O)N2CCC(NC(=O)COc3cc(C(C)C)ccc3C)CC2)cc1. The Morgan fingerprint density at radius 2 is 1.74 bits per heavy atom. The lowest BCUT2D eigenvalue weighted by atomic mass is 10.0. The molecule has 0 aliphatic carbocycles. The van der Waals surface area contributed by atoms with Crippen LogP contribution in [0.15, 0.2) is 47.4 Å². The summed E-state index contributed by atoms with van der Waals surface area (Å²) in [7, 11) is -3.50. The van der Waals surface area contributed by atoms with Gasteiger partial charge in [0, 0.05) is 19.1 Å². The van der Waals surface area contributed by atoms with Crippen molar-refractivity contribution in [2.45, 2.75) is 57.4 Å². The summed E-state index contributed by atoms with van der Waals surface area (Å²) in [6, 6.07) is 12.9. The van der Waals surface area contributed by atoms with Crippen LogP contribution in [0.1, 0.15) is 49.3 Å². The molecule has 168 valence electrons. The number of hydrogen-bond donors (Lipinski definition) is 1. The molecule has 2 aromatic carbocycles. The maximum Gasteiger partial charge on any atom is 0.258 e. The molecule has 3 rings (SSSR count). The molecule has 1 fully saturated rings. The molecule has 7 heteroatoms. The van der Waals surface area contributed by atoms with Crippen LogP contribution in [0.2, 0.25) is 0 Å². The molecule has 0 aromatic heterocycles. The quantitative estimate of drug-likeness (QED) is 0.705. The van der Waals surface area contributed by atoms with Crippen LogP contribution in [0, 0.1) is 13.8 Å². The molecule has 0 atom stereocenters. The first-order chi connectivity index (χ1) is 14.7. The van der Waals surface area contributed by atoms with Gasteiger partial charge in [0.1, 0.15) is 5.75 Å². The average Bonchev–Trinajstić information content (AvgIpc) is 2.73. The van der Waals surface area contributed by atoms with Gasteiger partial charge in [-0.05, 0) is 61.9 Å². The van der Waals surface area contributed by atoms with Crippen molar-refractivity contribution in [3.63, 3.8) is 0 Å². The Kier molecular flexibility index (Phi) is 7.38. The standard InChI is InChI=1S/C24H32N2O4S/c1-17(2)20-8-7-19(4)23(15-20)30-16-24(27)25-21-11-13-26(14-12-21)31(28,29)22-9-5-18(3)6-10-22/h5-10,15,17,21H,11-14,16H2,1-4H3,(H,25,27). The maximum atomic E-state index is 12.8. The summed E-state index contributed by atoms with van der Waals surface area (Å²) in [5.74, 6) is 0.924. The van der Waals surface area contributed by atoms with Gasteiger partial charge in [0.15, 0.2) is 6.61 Å². The van der Waals surface area contributed by atoms with Crippen molar-refractivity contribution in [2.24, 2.45) is 0 Å². The Balaban J connectivity index is 1.50. The van der Waals surface area contributed by atoms with Crippen LogP contribution in [0.25, 0.3) is 0 Å². The summed E-state index contributed by atoms with van der Waals surface area (Å²) in [4.78, 5) is 12.7. The number of hydrogen-bond acceptors (Lipinski definition) is 4. The van der Waals surface area contributed by atoms with Gasteiger partial charge in [-0.15, -0.1) is 0 Å². The minimum absolute atomic E-state index is 0.0513. The van der Waals surface area contributed by atoms with Crippen molar-refractivity contribution in [1.82, 2.24) is 9.62 Å². The monoisotopic (exact) mass is 444 g/mol. The molecular formula is C24H32N2O4S. The smallest absolute Gasteiger partial charge is 0.258 e. The van der Waals surface area contributed by atoms with Gasteiger partial charge >= 0.3 is 0 Å². The van der Waals surface area contributed by atoms with E-state index in [2.05, 4.69) is 25.2 Å². The van der Waals surface area contributed by atoms with Gasteiger partial charge < -0.3 is 10.1 Å². The van der Waals surface area contributed by atoms with Gasteiger partial charge in [0.05, 0.1) is 4.90 Å². The summed E-state index contributed by atoms with van der Waals surface area (Å²) in [6.07, 6.45) is 1.16. The zero-order valence-corrected chi connectivity index (χ0v) is 19.5. The second kappa shape index (κ2) is 9.83. The number of rotatable bonds is 7. The van der Waals surface area contributed by atoms with E-state index in [1.807, 2.05) is 26.0 Å². The lowest BCUT2D eigenvalue weighted by molar-refractivity contribution is -0.124. The topological polar surface area (TPSA) is 75.7 Å². The molecule has 1 amide bonds. The van der Waals surface area contributed by atoms with Gasteiger partial charge in [0.2, 0.25) is 10.0 Å². The molecule has 0 unspecified atom stereocenters. The van der Waals surface area contributed by atoms with E-state index in [1.54, 1.807) is 24.3 Å². The Morgan fingerprint density at radius 1 is 1.10 bits per heavy atom. The number of aryl methyl sites for hydroxylation is 2. The molecule has 1 aliphatic heterocycles. The van der Waals surface area contributed by atoms with E-state index in [4.69, 9.17) is 4.74 Å². The summed E-state index contributed by atoms with van der Waals surface area (Å²) < 4.78 is 32.9. The Hall–Kier alpha value is -2.38. The van der Waals surface area contributed by atoms with E-state index in [0.29, 0.717) is 36.7 Å². The highest BCUT2D eigenvalue weighted by Crippen LogP contribution is 2.24. The Bertz CT molecular complexity index is 1010. The summed E-state index contributed by atoms with van der Waals surface area (Å²) in [5.41, 5.74) is 3.18. The van der Waals surface area contributed by atoms with Gasteiger partial charge in [-0.3, -0.25) is 4.79 Å². The van der Waals surface area contributed by atoms with E-state index in [9.17, 15) is 13.2 Å². The summed E-state index contributed by atoms with van der Waals surface area (Å²) >= 11 is 0. The predicted molar refractivity (Wildman–Crippen MR) is 122 cm³/mol. The van der Waals surface area contributed by atoms with Gasteiger partial charge in [-0.25, -0.2) is 8.42 Å². The summed E-state index contributed by atoms with van der Waals surface area (Å²) in [5, 5.41) is 2.98. The molecule has 0 spiro atoms. The fourth-order valence-electron chi connectivity index (χ4n) is 3.64. The normalized spacial score (nSPS) is 15.8. The fraction of sp³-hybridized carbons (Fsp3) is 0.458. The number of carbonyl (C=O) groups is 1. The van der Waals surface area contributed by atoms with Crippen LogP contribution < -0.4 is 10.1 Å². The van der Waals surface area contributed by atoms with Crippen molar-refractivity contribution >= 4 is 15.9 Å². The van der Waals surface area contributed by atoms with Crippen molar-refractivity contribution in [3.05, 3.63) is 59.2 Å². The largest absolute Gasteiger partial charge is 0.483 e. The third-order valence-corrected chi connectivity index (χ3v) is 7.63. The molecule has 1 heterocycles. The Morgan fingerprint density at radius 3 is 2.35 bits per heavy atom. The van der Waals surface area contributed by atoms with Gasteiger partial charge in [-0.2, -0.15) is 4.31 Å². The lowest BCUT2D eigenvalue weighted by Crippen LogP contribution is -2.47. The first-order valence-corrected chi connectivity index (χ1v) is 12.2. The number of nitrogens with zero attached hydrogens (tertiary/aromatic N) is 1. The van der Waals surface area contributed by atoms with Crippen LogP contribution in [0.5, 0.6) is 5.75 Å². The van der Waals surface area contributed by atoms with Crippen molar-refractivity contribution in [2.75, 3.05) is 19.7 Å². The predicted octanol–water partition coefficient (Wildman–Crippen LogP) is 3.78. The average molecular weight is 445 g/mol. The van der Waals surface area contributed by atoms with Crippen molar-refractivity contribution in [1.29, 1.82) is 0 Å². The van der Waals surface area contributed by atoms with Crippen LogP contribution in [-0.2, 0) is 14.8 Å². The minimum atomic E-state index is -3.50. The highest BCUT2D eigenvalue weighted by molar-refractivity contribution is 7.89. The second-order valence-corrected chi connectivity index (χ2v) is 10.5. The third-order valence-electron chi connectivity index (χ3n) is 5.72. The molecule has 1 saturated heterocycles. The number of ether oxygens (including phenoxy) is 1. The summed E-state index contributed by atoms with van der Waals surface area (Å²) in [6.45, 7) is 8.84. The number of sulfonamides is 1. The fourth-order valence-corrected chi connectivity index (χ4v) is 5.11. The maximum absolute atomic E-state index is 12.8. The molecule has 0 bridgehead atoms. The molecule has 1 N–H and O–H groups in total. The lowest BCUT2D eigenvalue weighted by Gasteiger charge is -2.31. The van der Waals surface area contributed by atoms with E-state index in [1.165, 1.54) is 9.87 Å². The highest BCUT2D eigenvalue weighted by Gasteiger charge is 2.29. The molecule has 0 radical (unpaired) electrons. The second-order valence-electron chi connectivity index (χ2n) is 8.53. The van der Waals surface area contributed by atoms with E-state index in [0.717, 1.165) is 16.9 Å². The minimum Gasteiger partial charge on any atom is -0.483 e. The molecule has 0 saturated carbocycles. The number of piperidine rings is 1. The first kappa shape index (κ1) is 23.3. The molecule has 1 aliphatic rings. The van der Waals surface area contributed by atoms with Crippen LogP contribution >= 0.6 is 0 Å². The zero-order valence-electron chi connectivity index (χ0n) is 18.7. The van der Waals surface area contributed by atoms with Crippen LogP contribution in [-0.4, -0.2) is 44.4 Å². The number of amides is 1. The van der Waals surface area contributed by atoms with Gasteiger partial charge in [0.25, 0.3) is 5.91 Å². The molecule has 6 nitrogen and oxygen atoms in total. The zero-order chi connectivity index (χ0) is 22.6. The third kappa shape index (κ3) is 5.86. The van der Waals surface area contributed by atoms with Gasteiger partial charge in [-0.1, -0.05) is 43.7 Å². The molecule has 2 aromatic rings. The number of benzene rings is 2. The van der Waals surface area contributed by atoms with Crippen LogP contribution in [0.4, 0.5) is 0 Å². The van der Waals surface area contributed by atoms with Crippen molar-refractivity contribution < 1.29 is 17.9 Å². The number of nitrogens with one attached hydrogen (secondary N) is 1. The number of carbonyl (C=O) groups excluding carboxylic acids is 1. The highest BCUT2D eigenvalue weighted by atomic mass is 32.2.